The Hall–Kier alpha value is -1.71. The maximum Gasteiger partial charge on any atom is 0.171 e. The van der Waals surface area contributed by atoms with Crippen molar-refractivity contribution in [2.75, 3.05) is 0 Å². The average Bonchev–Trinajstić information content (AvgIpc) is 2.27. The average molecular weight is 193 g/mol. The Kier molecular flexibility index (Phi) is 2.65. The number of aliphatic hydroxyl groups is 1. The minimum absolute atomic E-state index is 0.104. The normalized spacial score (nSPS) is 26.1. The van der Waals surface area contributed by atoms with Crippen LogP contribution in [0, 0.1) is 0 Å². The highest BCUT2D eigenvalue weighted by atomic mass is 16.3. The van der Waals surface area contributed by atoms with Crippen molar-refractivity contribution in [3.63, 3.8) is 0 Å². The number of allylic oxidation sites excluding steroid dienone is 3. The highest BCUT2D eigenvalue weighted by Crippen LogP contribution is 2.18. The number of aldehydes is 1. The molecule has 0 fully saturated rings. The van der Waals surface area contributed by atoms with E-state index >= 15 is 0 Å². The molecule has 1 aliphatic heterocycles. The fourth-order valence-electron chi connectivity index (χ4n) is 1.04. The summed E-state index contributed by atoms with van der Waals surface area (Å²) in [6.07, 6.45) is 4.82. The lowest BCUT2D eigenvalue weighted by atomic mass is 9.98. The molecule has 0 saturated heterocycles. The molecule has 0 amide bonds. The lowest BCUT2D eigenvalue weighted by molar-refractivity contribution is -0.119. The van der Waals surface area contributed by atoms with Crippen molar-refractivity contribution >= 4 is 17.8 Å². The zero-order chi connectivity index (χ0) is 10.8. The van der Waals surface area contributed by atoms with Crippen LogP contribution < -0.4 is 0 Å². The molecule has 1 aliphatic rings. The van der Waals surface area contributed by atoms with E-state index in [4.69, 9.17) is 0 Å². The molecule has 0 saturated carbocycles. The summed E-state index contributed by atoms with van der Waals surface area (Å²) in [6.45, 7) is 2.97. The Morgan fingerprint density at radius 3 is 2.79 bits per heavy atom. The van der Waals surface area contributed by atoms with Crippen LogP contribution in [0.4, 0.5) is 0 Å². The van der Waals surface area contributed by atoms with Gasteiger partial charge in [0, 0.05) is 0 Å². The van der Waals surface area contributed by atoms with Crippen LogP contribution in [0.5, 0.6) is 0 Å². The molecule has 0 aliphatic carbocycles. The molecule has 1 rings (SSSR count). The second-order valence-corrected chi connectivity index (χ2v) is 3.23. The zero-order valence-corrected chi connectivity index (χ0v) is 8.02. The number of aliphatic hydroxyl groups excluding tert-OH is 1. The maximum atomic E-state index is 11.3. The van der Waals surface area contributed by atoms with Crippen LogP contribution in [0.1, 0.15) is 13.8 Å². The molecule has 14 heavy (non-hydrogen) atoms. The molecule has 0 aromatic heterocycles. The Bertz CT molecular complexity index is 366. The first kappa shape index (κ1) is 10.4. The fourth-order valence-corrected chi connectivity index (χ4v) is 1.04. The van der Waals surface area contributed by atoms with E-state index in [1.54, 1.807) is 13.0 Å². The van der Waals surface area contributed by atoms with Crippen LogP contribution >= 0.6 is 0 Å². The van der Waals surface area contributed by atoms with E-state index in [0.29, 0.717) is 6.29 Å². The van der Waals surface area contributed by atoms with Gasteiger partial charge in [0.2, 0.25) is 0 Å². The number of rotatable bonds is 2. The molecule has 74 valence electrons. The first-order valence-electron chi connectivity index (χ1n) is 4.14. The van der Waals surface area contributed by atoms with Gasteiger partial charge in [0.05, 0.1) is 0 Å². The van der Waals surface area contributed by atoms with E-state index in [1.165, 1.54) is 19.1 Å². The molecule has 1 atom stereocenters. The molecule has 0 radical (unpaired) electrons. The van der Waals surface area contributed by atoms with Crippen molar-refractivity contribution in [3.8, 4) is 0 Å². The van der Waals surface area contributed by atoms with Gasteiger partial charge in [0.1, 0.15) is 17.0 Å². The molecular formula is C10H11NO3. The van der Waals surface area contributed by atoms with Crippen LogP contribution in [0.2, 0.25) is 0 Å². The molecule has 0 aromatic carbocycles. The number of hydrogen-bond donors (Lipinski definition) is 1. The minimum atomic E-state index is -1.06. The number of ketones is 1. The number of hydrogen-bond acceptors (Lipinski definition) is 4. The molecule has 4 nitrogen and oxygen atoms in total. The van der Waals surface area contributed by atoms with Gasteiger partial charge in [0.15, 0.2) is 12.1 Å². The third-order valence-electron chi connectivity index (χ3n) is 2.11. The van der Waals surface area contributed by atoms with Crippen LogP contribution in [0.15, 0.2) is 29.0 Å². The van der Waals surface area contributed by atoms with E-state index in [0.717, 1.165) is 0 Å². The Morgan fingerprint density at radius 1 is 1.64 bits per heavy atom. The van der Waals surface area contributed by atoms with E-state index in [-0.39, 0.29) is 17.3 Å². The van der Waals surface area contributed by atoms with Gasteiger partial charge in [-0.2, -0.15) is 0 Å². The van der Waals surface area contributed by atoms with E-state index in [9.17, 15) is 14.7 Å². The van der Waals surface area contributed by atoms with Crippen LogP contribution in [0.3, 0.4) is 0 Å². The smallest absolute Gasteiger partial charge is 0.171 e. The number of Topliss-reactive ketones (excluding diaryl/α,β-unsaturated/α-hetero) is 1. The predicted molar refractivity (Wildman–Crippen MR) is 52.4 cm³/mol. The summed E-state index contributed by atoms with van der Waals surface area (Å²) < 4.78 is 0. The summed E-state index contributed by atoms with van der Waals surface area (Å²) in [5.74, 6) is -0.405. The summed E-state index contributed by atoms with van der Waals surface area (Å²) >= 11 is 0. The van der Waals surface area contributed by atoms with Gasteiger partial charge in [0.25, 0.3) is 0 Å². The van der Waals surface area contributed by atoms with Crippen molar-refractivity contribution in [1.29, 1.82) is 0 Å². The van der Waals surface area contributed by atoms with Gasteiger partial charge in [-0.1, -0.05) is 6.08 Å². The standard InChI is InChI=1S/C10H11NO3/c1-7(13)10(2)5-3-4-9(14)8(6-12)11-10/h3-6,14H,1-2H3. The molecule has 1 unspecified atom stereocenters. The van der Waals surface area contributed by atoms with E-state index in [2.05, 4.69) is 4.99 Å². The molecule has 0 bridgehead atoms. The van der Waals surface area contributed by atoms with Crippen molar-refractivity contribution in [2.24, 2.45) is 4.99 Å². The molecule has 0 aromatic rings. The fraction of sp³-hybridized carbons (Fsp3) is 0.300. The Balaban J connectivity index is 3.23. The minimum Gasteiger partial charge on any atom is -0.506 e. The number of carbonyl (C=O) groups excluding carboxylic acids is 2. The summed E-state index contributed by atoms with van der Waals surface area (Å²) in [7, 11) is 0. The summed E-state index contributed by atoms with van der Waals surface area (Å²) in [6, 6.07) is 0. The maximum absolute atomic E-state index is 11.3. The van der Waals surface area contributed by atoms with Gasteiger partial charge >= 0.3 is 0 Å². The lowest BCUT2D eigenvalue weighted by Gasteiger charge is -2.16. The van der Waals surface area contributed by atoms with Gasteiger partial charge < -0.3 is 5.11 Å². The topological polar surface area (TPSA) is 66.7 Å². The SMILES string of the molecule is CC(=O)C1(C)C=CC=C(O)C(C=O)=N1. The number of aliphatic imine (C=N–C) groups is 1. The predicted octanol–water partition coefficient (Wildman–Crippen LogP) is 0.986. The third kappa shape index (κ3) is 1.79. The summed E-state index contributed by atoms with van der Waals surface area (Å²) in [4.78, 5) is 25.7. The van der Waals surface area contributed by atoms with Crippen molar-refractivity contribution in [1.82, 2.24) is 0 Å². The molecular weight excluding hydrogens is 182 g/mol. The first-order valence-corrected chi connectivity index (χ1v) is 4.14. The Labute approximate surface area is 81.7 Å². The highest BCUT2D eigenvalue weighted by molar-refractivity contribution is 6.35. The molecule has 1 N–H and O–H groups in total. The van der Waals surface area contributed by atoms with Gasteiger partial charge in [-0.05, 0) is 26.0 Å². The second-order valence-electron chi connectivity index (χ2n) is 3.23. The second kappa shape index (κ2) is 3.57. The lowest BCUT2D eigenvalue weighted by Crippen LogP contribution is -2.30. The molecule has 4 heteroatoms. The number of nitrogens with zero attached hydrogens (tertiary/aromatic N) is 1. The monoisotopic (exact) mass is 193 g/mol. The van der Waals surface area contributed by atoms with Crippen molar-refractivity contribution < 1.29 is 14.7 Å². The van der Waals surface area contributed by atoms with Gasteiger partial charge in [-0.15, -0.1) is 0 Å². The largest absolute Gasteiger partial charge is 0.506 e. The van der Waals surface area contributed by atoms with Crippen LogP contribution in [0.25, 0.3) is 0 Å². The Morgan fingerprint density at radius 2 is 2.29 bits per heavy atom. The first-order chi connectivity index (χ1) is 6.49. The summed E-state index contributed by atoms with van der Waals surface area (Å²) in [5.41, 5.74) is -1.16. The van der Waals surface area contributed by atoms with E-state index < -0.39 is 5.54 Å². The van der Waals surface area contributed by atoms with Crippen LogP contribution in [-0.4, -0.2) is 28.4 Å². The highest BCUT2D eigenvalue weighted by Gasteiger charge is 2.28. The van der Waals surface area contributed by atoms with Crippen molar-refractivity contribution in [2.45, 2.75) is 19.4 Å². The quantitative estimate of drug-likeness (QED) is 0.665. The summed E-state index contributed by atoms with van der Waals surface area (Å²) in [5, 5.41) is 9.30. The van der Waals surface area contributed by atoms with E-state index in [1.807, 2.05) is 0 Å². The van der Waals surface area contributed by atoms with Crippen LogP contribution in [-0.2, 0) is 9.59 Å². The number of carbonyl (C=O) groups is 2. The van der Waals surface area contributed by atoms with Gasteiger partial charge in [-0.3, -0.25) is 14.6 Å². The molecule has 0 spiro atoms. The van der Waals surface area contributed by atoms with Gasteiger partial charge in [-0.25, -0.2) is 0 Å². The zero-order valence-electron chi connectivity index (χ0n) is 8.02. The molecule has 1 heterocycles. The third-order valence-corrected chi connectivity index (χ3v) is 2.11. The van der Waals surface area contributed by atoms with Crippen molar-refractivity contribution in [3.05, 3.63) is 24.0 Å².